The molecule has 0 aliphatic heterocycles. The molecule has 0 aromatic rings. The molecule has 156 valence electrons. The summed E-state index contributed by atoms with van der Waals surface area (Å²) in [7, 11) is 0. The SMILES string of the molecule is CC(C)C1(OC(=O)C(C)(I)CC(F)(F)C(F)(F)F)C2CC3CC(C2)CC1C3. The second kappa shape index (κ2) is 6.69. The molecule has 0 amide bonds. The van der Waals surface area contributed by atoms with E-state index in [1.807, 2.05) is 13.8 Å². The van der Waals surface area contributed by atoms with Crippen molar-refractivity contribution in [1.29, 1.82) is 0 Å². The summed E-state index contributed by atoms with van der Waals surface area (Å²) in [6, 6.07) is 0. The van der Waals surface area contributed by atoms with Gasteiger partial charge in [-0.05, 0) is 68.6 Å². The number of hydrogen-bond acceptors (Lipinski definition) is 2. The van der Waals surface area contributed by atoms with Gasteiger partial charge in [-0.15, -0.1) is 0 Å². The largest absolute Gasteiger partial charge is 0.457 e. The number of halogens is 6. The van der Waals surface area contributed by atoms with Crippen molar-refractivity contribution in [2.75, 3.05) is 0 Å². The molecule has 0 radical (unpaired) electrons. The highest BCUT2D eigenvalue weighted by molar-refractivity contribution is 14.1. The highest BCUT2D eigenvalue weighted by Crippen LogP contribution is 2.62. The molecule has 4 saturated carbocycles. The Morgan fingerprint density at radius 3 is 1.85 bits per heavy atom. The van der Waals surface area contributed by atoms with Gasteiger partial charge in [0.25, 0.3) is 0 Å². The van der Waals surface area contributed by atoms with Gasteiger partial charge in [0.15, 0.2) is 0 Å². The monoisotopic (exact) mass is 508 g/mol. The van der Waals surface area contributed by atoms with Crippen molar-refractivity contribution in [3.63, 3.8) is 0 Å². The summed E-state index contributed by atoms with van der Waals surface area (Å²) < 4.78 is 69.0. The summed E-state index contributed by atoms with van der Waals surface area (Å²) in [5, 5.41) is 0. The van der Waals surface area contributed by atoms with Crippen molar-refractivity contribution < 1.29 is 31.5 Å². The van der Waals surface area contributed by atoms with Crippen LogP contribution < -0.4 is 0 Å². The summed E-state index contributed by atoms with van der Waals surface area (Å²) >= 11 is 1.40. The van der Waals surface area contributed by atoms with E-state index in [9.17, 15) is 26.7 Å². The topological polar surface area (TPSA) is 26.3 Å². The first-order chi connectivity index (χ1) is 12.2. The molecule has 1 atom stereocenters. The molecule has 0 aromatic carbocycles. The Labute approximate surface area is 170 Å². The minimum Gasteiger partial charge on any atom is -0.457 e. The first-order valence-electron chi connectivity index (χ1n) is 9.56. The fraction of sp³-hybridized carbons (Fsp3) is 0.947. The Bertz CT molecular complexity index is 571. The summed E-state index contributed by atoms with van der Waals surface area (Å²) in [6.45, 7) is 5.04. The van der Waals surface area contributed by atoms with Gasteiger partial charge in [-0.3, -0.25) is 4.79 Å². The molecule has 4 aliphatic carbocycles. The third-order valence-corrected chi connectivity index (χ3v) is 7.80. The van der Waals surface area contributed by atoms with E-state index in [0.29, 0.717) is 11.8 Å². The minimum absolute atomic E-state index is 0.00761. The number of carbonyl (C=O) groups excluding carboxylic acids is 1. The van der Waals surface area contributed by atoms with E-state index in [4.69, 9.17) is 4.74 Å². The van der Waals surface area contributed by atoms with Crippen LogP contribution >= 0.6 is 22.6 Å². The smallest absolute Gasteiger partial charge is 0.453 e. The Kier molecular flexibility index (Phi) is 5.34. The van der Waals surface area contributed by atoms with Crippen molar-refractivity contribution in [1.82, 2.24) is 0 Å². The van der Waals surface area contributed by atoms with Crippen LogP contribution in [0.5, 0.6) is 0 Å². The molecule has 0 heterocycles. The zero-order valence-electron chi connectivity index (χ0n) is 15.7. The van der Waals surface area contributed by atoms with E-state index in [-0.39, 0.29) is 17.8 Å². The maximum Gasteiger partial charge on any atom is 0.453 e. The lowest BCUT2D eigenvalue weighted by Crippen LogP contribution is -2.63. The summed E-state index contributed by atoms with van der Waals surface area (Å²) in [5.41, 5.74) is -0.746. The van der Waals surface area contributed by atoms with Crippen molar-refractivity contribution in [2.24, 2.45) is 29.6 Å². The molecule has 8 heteroatoms. The maximum atomic E-state index is 13.6. The van der Waals surface area contributed by atoms with Gasteiger partial charge in [0.2, 0.25) is 0 Å². The van der Waals surface area contributed by atoms with E-state index in [1.165, 1.54) is 29.0 Å². The highest BCUT2D eigenvalue weighted by atomic mass is 127. The number of hydrogen-bond donors (Lipinski definition) is 0. The van der Waals surface area contributed by atoms with Crippen molar-refractivity contribution in [3.05, 3.63) is 0 Å². The highest BCUT2D eigenvalue weighted by Gasteiger charge is 2.64. The third-order valence-electron chi connectivity index (χ3n) is 6.98. The van der Waals surface area contributed by atoms with E-state index >= 15 is 0 Å². The van der Waals surface area contributed by atoms with Gasteiger partial charge in [-0.1, -0.05) is 36.4 Å². The normalized spacial score (nSPS) is 38.1. The van der Waals surface area contributed by atoms with Crippen molar-refractivity contribution >= 4 is 28.6 Å². The van der Waals surface area contributed by atoms with E-state index in [1.54, 1.807) is 0 Å². The lowest BCUT2D eigenvalue weighted by atomic mass is 9.47. The molecular formula is C19H26F5IO2. The summed E-state index contributed by atoms with van der Waals surface area (Å²) in [5.74, 6) is -4.30. The standard InChI is InChI=1S/C19H26F5IO2/c1-10(2)18(13-5-11-4-12(7-13)8-14(18)6-11)27-15(26)16(3,25)9-17(20,21)19(22,23)24/h10-14H,4-9H2,1-3H3. The van der Waals surface area contributed by atoms with Crippen molar-refractivity contribution in [3.8, 4) is 0 Å². The van der Waals surface area contributed by atoms with Gasteiger partial charge in [-0.25, -0.2) is 0 Å². The Hall–Kier alpha value is -0.150. The van der Waals surface area contributed by atoms with Gasteiger partial charge in [0.05, 0.1) is 0 Å². The number of rotatable bonds is 5. The molecule has 0 N–H and O–H groups in total. The van der Waals surface area contributed by atoms with Crippen LogP contribution in [0.2, 0.25) is 0 Å². The lowest BCUT2D eigenvalue weighted by Gasteiger charge is -2.62. The van der Waals surface area contributed by atoms with Crippen LogP contribution in [0.4, 0.5) is 22.0 Å². The number of alkyl halides is 6. The summed E-state index contributed by atoms with van der Waals surface area (Å²) in [6.07, 6.45) is -2.28. The lowest BCUT2D eigenvalue weighted by molar-refractivity contribution is -0.286. The van der Waals surface area contributed by atoms with Crippen LogP contribution in [0.15, 0.2) is 0 Å². The van der Waals surface area contributed by atoms with Gasteiger partial charge in [0.1, 0.15) is 9.02 Å². The Morgan fingerprint density at radius 1 is 1.04 bits per heavy atom. The van der Waals surface area contributed by atoms with Crippen LogP contribution in [0, 0.1) is 29.6 Å². The second-order valence-corrected chi connectivity index (χ2v) is 11.7. The fourth-order valence-corrected chi connectivity index (χ4v) is 6.59. The molecular weight excluding hydrogens is 482 g/mol. The zero-order valence-corrected chi connectivity index (χ0v) is 17.9. The molecule has 2 nitrogen and oxygen atoms in total. The molecule has 4 rings (SSSR count). The molecule has 0 spiro atoms. The average Bonchev–Trinajstić information content (AvgIpc) is 2.47. The number of esters is 1. The van der Waals surface area contributed by atoms with E-state index in [0.717, 1.165) is 32.6 Å². The molecule has 0 aromatic heterocycles. The maximum absolute atomic E-state index is 13.6. The van der Waals surface area contributed by atoms with Crippen LogP contribution in [-0.4, -0.2) is 27.1 Å². The van der Waals surface area contributed by atoms with E-state index < -0.39 is 33.5 Å². The quantitative estimate of drug-likeness (QED) is 0.193. The molecule has 1 unspecified atom stereocenters. The molecule has 0 saturated heterocycles. The third kappa shape index (κ3) is 3.61. The first kappa shape index (κ1) is 21.6. The zero-order chi connectivity index (χ0) is 20.4. The first-order valence-corrected chi connectivity index (χ1v) is 10.6. The summed E-state index contributed by atoms with van der Waals surface area (Å²) in [4.78, 5) is 12.8. The molecule has 4 aliphatic rings. The van der Waals surface area contributed by atoms with Gasteiger partial charge in [0, 0.05) is 6.42 Å². The molecule has 4 fully saturated rings. The van der Waals surface area contributed by atoms with Crippen LogP contribution in [0.25, 0.3) is 0 Å². The van der Waals surface area contributed by atoms with Crippen LogP contribution in [0.3, 0.4) is 0 Å². The predicted octanol–water partition coefficient (Wildman–Crippen LogP) is 6.16. The van der Waals surface area contributed by atoms with Gasteiger partial charge >= 0.3 is 18.1 Å². The molecule has 4 bridgehead atoms. The average molecular weight is 508 g/mol. The second-order valence-electron chi connectivity index (χ2n) is 9.28. The van der Waals surface area contributed by atoms with Crippen LogP contribution in [0.1, 0.15) is 59.3 Å². The van der Waals surface area contributed by atoms with Gasteiger partial charge in [-0.2, -0.15) is 22.0 Å². The fourth-order valence-electron chi connectivity index (χ4n) is 6.00. The molecule has 27 heavy (non-hydrogen) atoms. The number of ether oxygens (including phenoxy) is 1. The minimum atomic E-state index is -5.68. The van der Waals surface area contributed by atoms with Crippen molar-refractivity contribution in [2.45, 2.75) is 80.4 Å². The van der Waals surface area contributed by atoms with Crippen LogP contribution in [-0.2, 0) is 9.53 Å². The Morgan fingerprint density at radius 2 is 1.48 bits per heavy atom. The van der Waals surface area contributed by atoms with Gasteiger partial charge < -0.3 is 4.74 Å². The predicted molar refractivity (Wildman–Crippen MR) is 98.8 cm³/mol. The Balaban J connectivity index is 1.82. The number of carbonyl (C=O) groups is 1. The van der Waals surface area contributed by atoms with E-state index in [2.05, 4.69) is 0 Å².